The Kier molecular flexibility index (Phi) is 7.01. The first-order chi connectivity index (χ1) is 14.3. The SMILES string of the molecule is CCOC(=O)c1c(C)c(C(=O)C(C)N(CC2CCCO2)C(=O)C2CC2)c(C)n1CC. The van der Waals surface area contributed by atoms with E-state index in [1.54, 1.807) is 25.7 Å². The largest absolute Gasteiger partial charge is 0.461 e. The van der Waals surface area contributed by atoms with Crippen molar-refractivity contribution < 1.29 is 23.9 Å². The van der Waals surface area contributed by atoms with Gasteiger partial charge in [0.2, 0.25) is 5.91 Å². The Morgan fingerprint density at radius 1 is 1.20 bits per heavy atom. The zero-order chi connectivity index (χ0) is 22.0. The third-order valence-corrected chi connectivity index (χ3v) is 6.28. The Balaban J connectivity index is 1.92. The van der Waals surface area contributed by atoms with E-state index >= 15 is 0 Å². The van der Waals surface area contributed by atoms with E-state index in [0.717, 1.165) is 31.4 Å². The van der Waals surface area contributed by atoms with Crippen LogP contribution in [0.1, 0.15) is 78.6 Å². The fraction of sp³-hybridized carbons (Fsp3) is 0.696. The van der Waals surface area contributed by atoms with Crippen LogP contribution in [0.2, 0.25) is 0 Å². The molecule has 1 saturated heterocycles. The van der Waals surface area contributed by atoms with Crippen LogP contribution in [-0.4, -0.2) is 59.0 Å². The van der Waals surface area contributed by atoms with Crippen molar-refractivity contribution in [2.75, 3.05) is 19.8 Å². The van der Waals surface area contributed by atoms with Crippen LogP contribution in [0, 0.1) is 19.8 Å². The molecule has 0 spiro atoms. The molecule has 30 heavy (non-hydrogen) atoms. The van der Waals surface area contributed by atoms with Gasteiger partial charge in [0.1, 0.15) is 5.69 Å². The van der Waals surface area contributed by atoms with Crippen molar-refractivity contribution in [2.24, 2.45) is 5.92 Å². The van der Waals surface area contributed by atoms with Crippen molar-refractivity contribution in [3.05, 3.63) is 22.5 Å². The van der Waals surface area contributed by atoms with Gasteiger partial charge in [0.25, 0.3) is 0 Å². The minimum atomic E-state index is -0.609. The molecule has 166 valence electrons. The molecule has 1 saturated carbocycles. The van der Waals surface area contributed by atoms with E-state index in [9.17, 15) is 14.4 Å². The van der Waals surface area contributed by atoms with Crippen LogP contribution in [0.3, 0.4) is 0 Å². The van der Waals surface area contributed by atoms with Crippen LogP contribution < -0.4 is 0 Å². The Morgan fingerprint density at radius 3 is 2.43 bits per heavy atom. The van der Waals surface area contributed by atoms with Crippen LogP contribution >= 0.6 is 0 Å². The summed E-state index contributed by atoms with van der Waals surface area (Å²) in [5.74, 6) is -0.479. The van der Waals surface area contributed by atoms with Crippen molar-refractivity contribution in [2.45, 2.75) is 79.0 Å². The number of aromatic nitrogens is 1. The van der Waals surface area contributed by atoms with Gasteiger partial charge in [-0.1, -0.05) is 0 Å². The number of ketones is 1. The lowest BCUT2D eigenvalue weighted by molar-refractivity contribution is -0.135. The molecule has 2 unspecified atom stereocenters. The third-order valence-electron chi connectivity index (χ3n) is 6.28. The molecular formula is C23H34N2O5. The standard InChI is InChI=1S/C23H34N2O5/c1-6-24-15(4)19(14(3)20(24)23(28)29-7-2)21(26)16(5)25(22(27)17-10-11-17)13-18-9-8-12-30-18/h16-18H,6-13H2,1-5H3. The number of rotatable bonds is 9. The minimum absolute atomic E-state index is 0.0134. The summed E-state index contributed by atoms with van der Waals surface area (Å²) >= 11 is 0. The first-order valence-corrected chi connectivity index (χ1v) is 11.1. The molecule has 1 amide bonds. The topological polar surface area (TPSA) is 77.8 Å². The molecule has 1 aliphatic heterocycles. The molecule has 1 aromatic rings. The number of amides is 1. The number of carbonyl (C=O) groups is 3. The van der Waals surface area contributed by atoms with Gasteiger partial charge in [0, 0.05) is 36.9 Å². The predicted octanol–water partition coefficient (Wildman–Crippen LogP) is 3.29. The smallest absolute Gasteiger partial charge is 0.355 e. The van der Waals surface area contributed by atoms with Crippen molar-refractivity contribution in [1.29, 1.82) is 0 Å². The average molecular weight is 419 g/mol. The number of nitrogens with zero attached hydrogens (tertiary/aromatic N) is 2. The van der Waals surface area contributed by atoms with Gasteiger partial charge in [-0.15, -0.1) is 0 Å². The van der Waals surface area contributed by atoms with Gasteiger partial charge >= 0.3 is 5.97 Å². The van der Waals surface area contributed by atoms with Gasteiger partial charge in [0.05, 0.1) is 18.8 Å². The van der Waals surface area contributed by atoms with Crippen LogP contribution in [0.25, 0.3) is 0 Å². The van der Waals surface area contributed by atoms with E-state index in [4.69, 9.17) is 9.47 Å². The summed E-state index contributed by atoms with van der Waals surface area (Å²) in [7, 11) is 0. The molecule has 2 heterocycles. The average Bonchev–Trinajstić information content (AvgIpc) is 3.38. The van der Waals surface area contributed by atoms with Crippen molar-refractivity contribution in [3.63, 3.8) is 0 Å². The maximum absolute atomic E-state index is 13.6. The first-order valence-electron chi connectivity index (χ1n) is 11.1. The second kappa shape index (κ2) is 9.33. The monoisotopic (exact) mass is 418 g/mol. The van der Waals surface area contributed by atoms with Gasteiger partial charge in [-0.05, 0) is 65.9 Å². The number of hydrogen-bond donors (Lipinski definition) is 0. The van der Waals surface area contributed by atoms with Crippen LogP contribution in [-0.2, 0) is 20.8 Å². The lowest BCUT2D eigenvalue weighted by atomic mass is 9.99. The molecule has 2 atom stereocenters. The molecular weight excluding hydrogens is 384 g/mol. The lowest BCUT2D eigenvalue weighted by Crippen LogP contribution is -2.47. The third kappa shape index (κ3) is 4.31. The molecule has 0 N–H and O–H groups in total. The minimum Gasteiger partial charge on any atom is -0.461 e. The highest BCUT2D eigenvalue weighted by molar-refractivity contribution is 6.06. The number of carbonyl (C=O) groups excluding carboxylic acids is 3. The van der Waals surface area contributed by atoms with Crippen LogP contribution in [0.15, 0.2) is 0 Å². The number of esters is 1. The maximum Gasteiger partial charge on any atom is 0.355 e. The number of Topliss-reactive ketones (excluding diaryl/α,β-unsaturated/α-hetero) is 1. The summed E-state index contributed by atoms with van der Waals surface area (Å²) in [6.07, 6.45) is 3.66. The Labute approximate surface area is 178 Å². The predicted molar refractivity (Wildman–Crippen MR) is 113 cm³/mol. The van der Waals surface area contributed by atoms with E-state index in [-0.39, 0.29) is 30.3 Å². The fourth-order valence-corrected chi connectivity index (χ4v) is 4.48. The van der Waals surface area contributed by atoms with Gasteiger partial charge < -0.3 is 18.9 Å². The number of ether oxygens (including phenoxy) is 2. The quantitative estimate of drug-likeness (QED) is 0.454. The first kappa shape index (κ1) is 22.5. The van der Waals surface area contributed by atoms with E-state index in [0.29, 0.717) is 36.5 Å². The molecule has 0 radical (unpaired) electrons. The maximum atomic E-state index is 13.6. The molecule has 2 aliphatic rings. The summed E-state index contributed by atoms with van der Waals surface area (Å²) in [5.41, 5.74) is 2.31. The molecule has 2 fully saturated rings. The molecule has 1 aromatic heterocycles. The Bertz CT molecular complexity index is 818. The van der Waals surface area contributed by atoms with E-state index in [1.165, 1.54) is 0 Å². The van der Waals surface area contributed by atoms with Gasteiger partial charge in [-0.25, -0.2) is 4.79 Å². The highest BCUT2D eigenvalue weighted by atomic mass is 16.5. The summed E-state index contributed by atoms with van der Waals surface area (Å²) in [6, 6.07) is -0.609. The van der Waals surface area contributed by atoms with Gasteiger partial charge in [-0.3, -0.25) is 9.59 Å². The fourth-order valence-electron chi connectivity index (χ4n) is 4.48. The normalized spacial score (nSPS) is 19.6. The van der Waals surface area contributed by atoms with Gasteiger partial charge in [-0.2, -0.15) is 0 Å². The summed E-state index contributed by atoms with van der Waals surface area (Å²) < 4.78 is 12.8. The Morgan fingerprint density at radius 2 is 1.90 bits per heavy atom. The van der Waals surface area contributed by atoms with E-state index < -0.39 is 12.0 Å². The summed E-state index contributed by atoms with van der Waals surface area (Å²) in [5, 5.41) is 0. The molecule has 7 nitrogen and oxygen atoms in total. The highest BCUT2D eigenvalue weighted by Crippen LogP contribution is 2.33. The summed E-state index contributed by atoms with van der Waals surface area (Å²) in [4.78, 5) is 40.9. The van der Waals surface area contributed by atoms with E-state index in [2.05, 4.69) is 0 Å². The van der Waals surface area contributed by atoms with Gasteiger partial charge in [0.15, 0.2) is 5.78 Å². The lowest BCUT2D eigenvalue weighted by Gasteiger charge is -2.31. The van der Waals surface area contributed by atoms with E-state index in [1.807, 2.05) is 18.4 Å². The zero-order valence-corrected chi connectivity index (χ0v) is 18.8. The number of hydrogen-bond acceptors (Lipinski definition) is 5. The highest BCUT2D eigenvalue weighted by Gasteiger charge is 2.40. The molecule has 1 aliphatic carbocycles. The zero-order valence-electron chi connectivity index (χ0n) is 18.8. The van der Waals surface area contributed by atoms with Crippen molar-refractivity contribution in [3.8, 4) is 0 Å². The molecule has 0 bridgehead atoms. The second-order valence-corrected chi connectivity index (χ2v) is 8.34. The molecule has 0 aromatic carbocycles. The van der Waals surface area contributed by atoms with Crippen molar-refractivity contribution in [1.82, 2.24) is 9.47 Å². The van der Waals surface area contributed by atoms with Crippen LogP contribution in [0.5, 0.6) is 0 Å². The van der Waals surface area contributed by atoms with Crippen LogP contribution in [0.4, 0.5) is 0 Å². The van der Waals surface area contributed by atoms with Crippen molar-refractivity contribution >= 4 is 17.7 Å². The molecule has 3 rings (SSSR count). The summed E-state index contributed by atoms with van der Waals surface area (Å²) in [6.45, 7) is 11.1. The molecule has 7 heteroatoms. The Hall–Kier alpha value is -2.15. The second-order valence-electron chi connectivity index (χ2n) is 8.34.